The Morgan fingerprint density at radius 3 is 2.62 bits per heavy atom. The summed E-state index contributed by atoms with van der Waals surface area (Å²) < 4.78 is 0.701. The lowest BCUT2D eigenvalue weighted by Gasteiger charge is -2.08. The quantitative estimate of drug-likeness (QED) is 0.636. The molecule has 0 aliphatic heterocycles. The molecule has 0 unspecified atom stereocenters. The van der Waals surface area contributed by atoms with E-state index in [0.717, 1.165) is 11.6 Å². The lowest BCUT2D eigenvalue weighted by Crippen LogP contribution is -2.14. The number of nitrogens with one attached hydrogen (secondary N) is 1. The van der Waals surface area contributed by atoms with Crippen LogP contribution in [0.1, 0.15) is 15.9 Å². The molecule has 2 aromatic carbocycles. The maximum Gasteiger partial charge on any atom is 0.283 e. The fraction of sp³-hybridized carbons (Fsp3) is 0.0714. The SMILES string of the molecule is Cc1ccc(NC(=O)c2ccc(Cl)cc2[N+](=O)[O-])c(Br)c1. The van der Waals surface area contributed by atoms with Gasteiger partial charge in [0.05, 0.1) is 10.6 Å². The van der Waals surface area contributed by atoms with Gasteiger partial charge in [0, 0.05) is 15.6 Å². The molecule has 7 heteroatoms. The Morgan fingerprint density at radius 2 is 2.00 bits per heavy atom. The van der Waals surface area contributed by atoms with Gasteiger partial charge in [-0.3, -0.25) is 14.9 Å². The number of nitro groups is 1. The molecule has 0 aliphatic rings. The molecule has 1 N–H and O–H groups in total. The average molecular weight is 370 g/mol. The van der Waals surface area contributed by atoms with Gasteiger partial charge < -0.3 is 5.32 Å². The van der Waals surface area contributed by atoms with Crippen LogP contribution in [0.15, 0.2) is 40.9 Å². The maximum atomic E-state index is 12.2. The average Bonchev–Trinajstić information content (AvgIpc) is 2.41. The number of hydrogen-bond acceptors (Lipinski definition) is 3. The molecule has 0 fully saturated rings. The first-order valence-electron chi connectivity index (χ1n) is 5.90. The van der Waals surface area contributed by atoms with Crippen molar-refractivity contribution in [3.8, 4) is 0 Å². The van der Waals surface area contributed by atoms with Crippen molar-refractivity contribution in [1.82, 2.24) is 0 Å². The largest absolute Gasteiger partial charge is 0.321 e. The summed E-state index contributed by atoms with van der Waals surface area (Å²) in [6.45, 7) is 1.92. The Bertz CT molecular complexity index is 734. The van der Waals surface area contributed by atoms with Crippen molar-refractivity contribution in [2.24, 2.45) is 0 Å². The van der Waals surface area contributed by atoms with Gasteiger partial charge in [0.15, 0.2) is 0 Å². The summed E-state index contributed by atoms with van der Waals surface area (Å²) >= 11 is 9.06. The summed E-state index contributed by atoms with van der Waals surface area (Å²) in [5, 5.41) is 13.8. The molecule has 0 aliphatic carbocycles. The van der Waals surface area contributed by atoms with Crippen LogP contribution in [0.2, 0.25) is 5.02 Å². The Kier molecular flexibility index (Phi) is 4.59. The highest BCUT2D eigenvalue weighted by atomic mass is 79.9. The van der Waals surface area contributed by atoms with E-state index in [1.165, 1.54) is 12.1 Å². The molecule has 0 aromatic heterocycles. The molecule has 108 valence electrons. The number of nitrogens with zero attached hydrogens (tertiary/aromatic N) is 1. The van der Waals surface area contributed by atoms with Crippen molar-refractivity contribution in [1.29, 1.82) is 0 Å². The van der Waals surface area contributed by atoms with Crippen LogP contribution < -0.4 is 5.32 Å². The summed E-state index contributed by atoms with van der Waals surface area (Å²) in [6.07, 6.45) is 0. The molecule has 0 radical (unpaired) electrons. The van der Waals surface area contributed by atoms with Gasteiger partial charge in [-0.05, 0) is 52.7 Å². The molecular formula is C14H10BrClN2O3. The number of nitro benzene ring substituents is 1. The molecule has 0 heterocycles. The zero-order valence-corrected chi connectivity index (χ0v) is 13.2. The minimum atomic E-state index is -0.634. The van der Waals surface area contributed by atoms with E-state index in [1.54, 1.807) is 6.07 Å². The zero-order valence-electron chi connectivity index (χ0n) is 10.9. The lowest BCUT2D eigenvalue weighted by atomic mass is 10.1. The third kappa shape index (κ3) is 3.59. The zero-order chi connectivity index (χ0) is 15.6. The molecule has 0 atom stereocenters. The first kappa shape index (κ1) is 15.5. The van der Waals surface area contributed by atoms with Gasteiger partial charge in [-0.25, -0.2) is 0 Å². The van der Waals surface area contributed by atoms with Gasteiger partial charge in [0.25, 0.3) is 11.6 Å². The molecule has 21 heavy (non-hydrogen) atoms. The lowest BCUT2D eigenvalue weighted by molar-refractivity contribution is -0.385. The van der Waals surface area contributed by atoms with E-state index in [0.29, 0.717) is 10.2 Å². The minimum absolute atomic E-state index is 0.0446. The molecule has 0 saturated heterocycles. The van der Waals surface area contributed by atoms with E-state index >= 15 is 0 Å². The van der Waals surface area contributed by atoms with Crippen molar-refractivity contribution < 1.29 is 9.72 Å². The number of rotatable bonds is 3. The second kappa shape index (κ2) is 6.24. The highest BCUT2D eigenvalue weighted by molar-refractivity contribution is 9.10. The van der Waals surface area contributed by atoms with Crippen LogP contribution in [0.4, 0.5) is 11.4 Å². The maximum absolute atomic E-state index is 12.2. The van der Waals surface area contributed by atoms with Gasteiger partial charge in [-0.1, -0.05) is 17.7 Å². The van der Waals surface area contributed by atoms with Crippen LogP contribution in [0, 0.1) is 17.0 Å². The molecule has 5 nitrogen and oxygen atoms in total. The smallest absolute Gasteiger partial charge is 0.283 e. The number of hydrogen-bond donors (Lipinski definition) is 1. The normalized spacial score (nSPS) is 10.2. The summed E-state index contributed by atoms with van der Waals surface area (Å²) in [7, 11) is 0. The van der Waals surface area contributed by atoms with Crippen LogP contribution >= 0.6 is 27.5 Å². The summed E-state index contributed by atoms with van der Waals surface area (Å²) in [5.41, 5.74) is 1.19. The third-order valence-electron chi connectivity index (χ3n) is 2.77. The molecule has 0 bridgehead atoms. The second-order valence-electron chi connectivity index (χ2n) is 4.36. The molecule has 0 spiro atoms. The highest BCUT2D eigenvalue weighted by Gasteiger charge is 2.21. The third-order valence-corrected chi connectivity index (χ3v) is 3.67. The van der Waals surface area contributed by atoms with Crippen molar-refractivity contribution in [3.05, 3.63) is 67.1 Å². The van der Waals surface area contributed by atoms with Crippen molar-refractivity contribution in [3.63, 3.8) is 0 Å². The summed E-state index contributed by atoms with van der Waals surface area (Å²) in [6, 6.07) is 9.31. The molecule has 1 amide bonds. The second-order valence-corrected chi connectivity index (χ2v) is 5.65. The summed E-state index contributed by atoms with van der Waals surface area (Å²) in [5.74, 6) is -0.567. The Balaban J connectivity index is 2.34. The van der Waals surface area contributed by atoms with E-state index in [2.05, 4.69) is 21.2 Å². The van der Waals surface area contributed by atoms with E-state index in [9.17, 15) is 14.9 Å². The number of aryl methyl sites for hydroxylation is 1. The molecule has 2 aromatic rings. The fourth-order valence-electron chi connectivity index (χ4n) is 1.76. The van der Waals surface area contributed by atoms with Crippen LogP contribution in [-0.4, -0.2) is 10.8 Å². The first-order valence-corrected chi connectivity index (χ1v) is 7.07. The van der Waals surface area contributed by atoms with Gasteiger partial charge in [-0.2, -0.15) is 0 Å². The monoisotopic (exact) mass is 368 g/mol. The van der Waals surface area contributed by atoms with E-state index in [4.69, 9.17) is 11.6 Å². The van der Waals surface area contributed by atoms with Gasteiger partial charge in [0.2, 0.25) is 0 Å². The first-order chi connectivity index (χ1) is 9.88. The molecule has 0 saturated carbocycles. The molecule has 2 rings (SSSR count). The van der Waals surface area contributed by atoms with E-state index in [-0.39, 0.29) is 16.3 Å². The Morgan fingerprint density at radius 1 is 1.29 bits per heavy atom. The van der Waals surface area contributed by atoms with E-state index in [1.807, 2.05) is 19.1 Å². The topological polar surface area (TPSA) is 72.2 Å². The van der Waals surface area contributed by atoms with Crippen LogP contribution in [0.3, 0.4) is 0 Å². The van der Waals surface area contributed by atoms with E-state index < -0.39 is 10.8 Å². The van der Waals surface area contributed by atoms with Gasteiger partial charge in [0.1, 0.15) is 5.56 Å². The van der Waals surface area contributed by atoms with Gasteiger partial charge in [-0.15, -0.1) is 0 Å². The number of carbonyl (C=O) groups is 1. The Labute approximate surface area is 134 Å². The summed E-state index contributed by atoms with van der Waals surface area (Å²) in [4.78, 5) is 22.6. The number of carbonyl (C=O) groups excluding carboxylic acids is 1. The number of halogens is 2. The van der Waals surface area contributed by atoms with Crippen molar-refractivity contribution in [2.75, 3.05) is 5.32 Å². The standard InChI is InChI=1S/C14H10BrClN2O3/c1-8-2-5-12(11(15)6-8)17-14(19)10-4-3-9(16)7-13(10)18(20)21/h2-7H,1H3,(H,17,19). The van der Waals surface area contributed by atoms with Crippen LogP contribution in [-0.2, 0) is 0 Å². The predicted molar refractivity (Wildman–Crippen MR) is 84.9 cm³/mol. The van der Waals surface area contributed by atoms with Crippen LogP contribution in [0.25, 0.3) is 0 Å². The fourth-order valence-corrected chi connectivity index (χ4v) is 2.52. The number of benzene rings is 2. The van der Waals surface area contributed by atoms with Crippen molar-refractivity contribution >= 4 is 44.8 Å². The predicted octanol–water partition coefficient (Wildman–Crippen LogP) is 4.57. The minimum Gasteiger partial charge on any atom is -0.321 e. The highest BCUT2D eigenvalue weighted by Crippen LogP contribution is 2.27. The van der Waals surface area contributed by atoms with Gasteiger partial charge >= 0.3 is 0 Å². The van der Waals surface area contributed by atoms with Crippen LogP contribution in [0.5, 0.6) is 0 Å². The number of anilines is 1. The van der Waals surface area contributed by atoms with Crippen molar-refractivity contribution in [2.45, 2.75) is 6.92 Å². The number of amides is 1. The Hall–Kier alpha value is -1.92. The molecular weight excluding hydrogens is 360 g/mol.